The Morgan fingerprint density at radius 3 is 2.83 bits per heavy atom. The number of nitrogens with one attached hydrogen (secondary N) is 1. The Morgan fingerprint density at radius 2 is 2.42 bits per heavy atom. The summed E-state index contributed by atoms with van der Waals surface area (Å²) in [7, 11) is 0. The molecule has 0 spiro atoms. The SMILES string of the molecule is CC1CC1CNC(=O)C1=CCC1. The van der Waals surface area contributed by atoms with Crippen LogP contribution < -0.4 is 5.32 Å². The van der Waals surface area contributed by atoms with Crippen molar-refractivity contribution in [2.45, 2.75) is 26.2 Å². The summed E-state index contributed by atoms with van der Waals surface area (Å²) in [6.07, 6.45) is 5.37. The molecule has 0 radical (unpaired) electrons. The molecule has 2 aliphatic carbocycles. The van der Waals surface area contributed by atoms with Gasteiger partial charge in [-0.25, -0.2) is 0 Å². The summed E-state index contributed by atoms with van der Waals surface area (Å²) in [5.74, 6) is 1.76. The van der Waals surface area contributed by atoms with Gasteiger partial charge in [-0.05, 0) is 31.1 Å². The topological polar surface area (TPSA) is 29.1 Å². The summed E-state index contributed by atoms with van der Waals surface area (Å²) in [4.78, 5) is 11.3. The van der Waals surface area contributed by atoms with Crippen molar-refractivity contribution >= 4 is 5.91 Å². The maximum atomic E-state index is 11.3. The van der Waals surface area contributed by atoms with E-state index in [2.05, 4.69) is 12.2 Å². The summed E-state index contributed by atoms with van der Waals surface area (Å²) in [5, 5.41) is 2.97. The van der Waals surface area contributed by atoms with Crippen molar-refractivity contribution in [2.75, 3.05) is 6.54 Å². The van der Waals surface area contributed by atoms with Crippen LogP contribution in [0.2, 0.25) is 0 Å². The third-order valence-corrected chi connectivity index (χ3v) is 2.90. The molecule has 0 saturated heterocycles. The Kier molecular flexibility index (Phi) is 1.91. The van der Waals surface area contributed by atoms with E-state index in [0.717, 1.165) is 36.8 Å². The summed E-state index contributed by atoms with van der Waals surface area (Å²) >= 11 is 0. The van der Waals surface area contributed by atoms with Gasteiger partial charge in [0.05, 0.1) is 0 Å². The van der Waals surface area contributed by atoms with Gasteiger partial charge in [0.2, 0.25) is 5.91 Å². The Labute approximate surface area is 73.0 Å². The molecule has 12 heavy (non-hydrogen) atoms. The summed E-state index contributed by atoms with van der Waals surface area (Å²) < 4.78 is 0. The predicted octanol–water partition coefficient (Wildman–Crippen LogP) is 1.48. The van der Waals surface area contributed by atoms with Crippen molar-refractivity contribution in [2.24, 2.45) is 11.8 Å². The first-order valence-electron chi connectivity index (χ1n) is 4.74. The number of carbonyl (C=O) groups excluding carboxylic acids is 1. The van der Waals surface area contributed by atoms with E-state index in [1.807, 2.05) is 6.08 Å². The quantitative estimate of drug-likeness (QED) is 0.674. The van der Waals surface area contributed by atoms with E-state index in [1.165, 1.54) is 6.42 Å². The van der Waals surface area contributed by atoms with Gasteiger partial charge in [0.25, 0.3) is 0 Å². The lowest BCUT2D eigenvalue weighted by Crippen LogP contribution is -2.28. The number of rotatable bonds is 3. The molecular weight excluding hydrogens is 150 g/mol. The fourth-order valence-electron chi connectivity index (χ4n) is 1.52. The number of hydrogen-bond donors (Lipinski definition) is 1. The van der Waals surface area contributed by atoms with Crippen LogP contribution in [0.4, 0.5) is 0 Å². The van der Waals surface area contributed by atoms with Crippen LogP contribution in [0.25, 0.3) is 0 Å². The molecule has 1 saturated carbocycles. The van der Waals surface area contributed by atoms with Crippen LogP contribution in [0.1, 0.15) is 26.2 Å². The maximum absolute atomic E-state index is 11.3. The van der Waals surface area contributed by atoms with Crippen molar-refractivity contribution in [3.05, 3.63) is 11.6 Å². The fraction of sp³-hybridized carbons (Fsp3) is 0.700. The molecule has 2 unspecified atom stereocenters. The monoisotopic (exact) mass is 165 g/mol. The maximum Gasteiger partial charge on any atom is 0.246 e. The molecule has 2 aliphatic rings. The van der Waals surface area contributed by atoms with Crippen LogP contribution >= 0.6 is 0 Å². The molecule has 2 atom stereocenters. The van der Waals surface area contributed by atoms with Crippen LogP contribution in [0.15, 0.2) is 11.6 Å². The van der Waals surface area contributed by atoms with Crippen molar-refractivity contribution in [1.82, 2.24) is 5.32 Å². The predicted molar refractivity (Wildman–Crippen MR) is 47.6 cm³/mol. The van der Waals surface area contributed by atoms with Gasteiger partial charge in [-0.1, -0.05) is 13.0 Å². The van der Waals surface area contributed by atoms with Crippen LogP contribution in [0.3, 0.4) is 0 Å². The molecule has 0 aromatic carbocycles. The molecule has 0 bridgehead atoms. The van der Waals surface area contributed by atoms with Crippen molar-refractivity contribution < 1.29 is 4.79 Å². The molecule has 1 amide bonds. The lowest BCUT2D eigenvalue weighted by atomic mass is 9.98. The number of carbonyl (C=O) groups is 1. The van der Waals surface area contributed by atoms with Crippen molar-refractivity contribution in [3.63, 3.8) is 0 Å². The minimum Gasteiger partial charge on any atom is -0.352 e. The molecule has 1 N–H and O–H groups in total. The zero-order valence-electron chi connectivity index (χ0n) is 7.47. The van der Waals surface area contributed by atoms with E-state index in [-0.39, 0.29) is 5.91 Å². The van der Waals surface area contributed by atoms with Gasteiger partial charge in [-0.2, -0.15) is 0 Å². The second kappa shape index (κ2) is 2.92. The van der Waals surface area contributed by atoms with Crippen molar-refractivity contribution in [3.8, 4) is 0 Å². The normalized spacial score (nSPS) is 31.9. The first kappa shape index (κ1) is 7.84. The number of allylic oxidation sites excluding steroid dienone is 1. The molecule has 0 aromatic rings. The molecule has 0 aromatic heterocycles. The summed E-state index contributed by atoms with van der Waals surface area (Å²) in [5.41, 5.74) is 0.989. The van der Waals surface area contributed by atoms with Crippen LogP contribution in [-0.4, -0.2) is 12.5 Å². The van der Waals surface area contributed by atoms with E-state index in [0.29, 0.717) is 0 Å². The van der Waals surface area contributed by atoms with Gasteiger partial charge in [-0.15, -0.1) is 0 Å². The van der Waals surface area contributed by atoms with E-state index in [9.17, 15) is 4.79 Å². The summed E-state index contributed by atoms with van der Waals surface area (Å²) in [6, 6.07) is 0. The van der Waals surface area contributed by atoms with Crippen LogP contribution in [-0.2, 0) is 4.79 Å². The molecule has 2 nitrogen and oxygen atoms in total. The first-order chi connectivity index (χ1) is 5.77. The van der Waals surface area contributed by atoms with Crippen LogP contribution in [0.5, 0.6) is 0 Å². The highest BCUT2D eigenvalue weighted by atomic mass is 16.1. The first-order valence-corrected chi connectivity index (χ1v) is 4.74. The highest BCUT2D eigenvalue weighted by molar-refractivity contribution is 5.94. The number of amides is 1. The third kappa shape index (κ3) is 1.52. The molecule has 66 valence electrons. The second-order valence-electron chi connectivity index (χ2n) is 3.95. The van der Waals surface area contributed by atoms with Gasteiger partial charge in [0, 0.05) is 12.1 Å². The Hall–Kier alpha value is -0.790. The van der Waals surface area contributed by atoms with Crippen LogP contribution in [0, 0.1) is 11.8 Å². The molecule has 0 heterocycles. The molecule has 2 rings (SSSR count). The standard InChI is InChI=1S/C10H15NO/c1-7-5-9(7)6-11-10(12)8-3-2-4-8/h3,7,9H,2,4-6H2,1H3,(H,11,12). The van der Waals surface area contributed by atoms with Crippen molar-refractivity contribution in [1.29, 1.82) is 0 Å². The van der Waals surface area contributed by atoms with Gasteiger partial charge < -0.3 is 5.32 Å². The number of hydrogen-bond acceptors (Lipinski definition) is 1. The lowest BCUT2D eigenvalue weighted by Gasteiger charge is -2.13. The Morgan fingerprint density at radius 1 is 1.75 bits per heavy atom. The lowest BCUT2D eigenvalue weighted by molar-refractivity contribution is -0.117. The summed E-state index contributed by atoms with van der Waals surface area (Å²) in [6.45, 7) is 3.12. The fourth-order valence-corrected chi connectivity index (χ4v) is 1.52. The highest BCUT2D eigenvalue weighted by Gasteiger charge is 2.32. The smallest absolute Gasteiger partial charge is 0.246 e. The van der Waals surface area contributed by atoms with Gasteiger partial charge >= 0.3 is 0 Å². The minimum atomic E-state index is 0.167. The minimum absolute atomic E-state index is 0.167. The Balaban J connectivity index is 1.69. The van der Waals surface area contributed by atoms with E-state index < -0.39 is 0 Å². The van der Waals surface area contributed by atoms with E-state index >= 15 is 0 Å². The van der Waals surface area contributed by atoms with E-state index in [1.54, 1.807) is 0 Å². The zero-order chi connectivity index (χ0) is 8.55. The van der Waals surface area contributed by atoms with Gasteiger partial charge in [0.15, 0.2) is 0 Å². The second-order valence-corrected chi connectivity index (χ2v) is 3.95. The van der Waals surface area contributed by atoms with E-state index in [4.69, 9.17) is 0 Å². The molecule has 2 heteroatoms. The molecule has 0 aliphatic heterocycles. The molecular formula is C10H15NO. The van der Waals surface area contributed by atoms with Gasteiger partial charge in [0.1, 0.15) is 0 Å². The van der Waals surface area contributed by atoms with Gasteiger partial charge in [-0.3, -0.25) is 4.79 Å². The average Bonchev–Trinajstić information content (AvgIpc) is 2.58. The highest BCUT2D eigenvalue weighted by Crippen LogP contribution is 2.36. The Bertz CT molecular complexity index is 232. The average molecular weight is 165 g/mol. The molecule has 1 fully saturated rings. The largest absolute Gasteiger partial charge is 0.352 e. The third-order valence-electron chi connectivity index (χ3n) is 2.90. The zero-order valence-corrected chi connectivity index (χ0v) is 7.47.